The van der Waals surface area contributed by atoms with E-state index in [1.807, 2.05) is 24.3 Å². The molecule has 1 N–H and O–H groups in total. The Labute approximate surface area is 106 Å². The first-order valence-electron chi connectivity index (χ1n) is 5.84. The Morgan fingerprint density at radius 2 is 2.06 bits per heavy atom. The molecule has 3 nitrogen and oxygen atoms in total. The fraction of sp³-hybridized carbons (Fsp3) is 0.462. The SMILES string of the molecule is CCC(C)[C@H]1OC(=O)N[C@H]1c1ccc(Cl)cc1. The molecule has 1 aliphatic rings. The Morgan fingerprint density at radius 1 is 1.41 bits per heavy atom. The first-order valence-corrected chi connectivity index (χ1v) is 6.22. The molecule has 1 unspecified atom stereocenters. The molecule has 2 rings (SSSR count). The molecular weight excluding hydrogens is 238 g/mol. The predicted octanol–water partition coefficient (Wildman–Crippen LogP) is 3.54. The molecule has 3 atom stereocenters. The largest absolute Gasteiger partial charge is 0.443 e. The van der Waals surface area contributed by atoms with Crippen molar-refractivity contribution in [2.24, 2.45) is 5.92 Å². The molecule has 1 aromatic carbocycles. The summed E-state index contributed by atoms with van der Waals surface area (Å²) in [5, 5.41) is 3.54. The first kappa shape index (κ1) is 12.2. The van der Waals surface area contributed by atoms with Gasteiger partial charge < -0.3 is 10.1 Å². The lowest BCUT2D eigenvalue weighted by Gasteiger charge is -2.22. The standard InChI is InChI=1S/C13H16ClNO2/c1-3-8(2)12-11(15-13(16)17-12)9-4-6-10(14)7-5-9/h4-8,11-12H,3H2,1-2H3,(H,15,16)/t8?,11-,12+/m0/s1. The van der Waals surface area contributed by atoms with E-state index in [1.54, 1.807) is 0 Å². The number of carbonyl (C=O) groups is 1. The van der Waals surface area contributed by atoms with Crippen LogP contribution in [0, 0.1) is 5.92 Å². The second kappa shape index (κ2) is 4.96. The van der Waals surface area contributed by atoms with Gasteiger partial charge in [0.2, 0.25) is 0 Å². The second-order valence-corrected chi connectivity index (χ2v) is 4.87. The molecule has 1 heterocycles. The maximum atomic E-state index is 11.4. The van der Waals surface area contributed by atoms with Crippen LogP contribution in [-0.4, -0.2) is 12.2 Å². The topological polar surface area (TPSA) is 38.3 Å². The van der Waals surface area contributed by atoms with Crippen LogP contribution in [0.2, 0.25) is 5.02 Å². The number of benzene rings is 1. The number of cyclic esters (lactones) is 1. The average Bonchev–Trinajstić information content (AvgIpc) is 2.71. The molecule has 0 saturated carbocycles. The molecule has 1 aromatic rings. The number of halogens is 1. The van der Waals surface area contributed by atoms with E-state index < -0.39 is 0 Å². The molecule has 0 aliphatic carbocycles. The smallest absolute Gasteiger partial charge is 0.408 e. The van der Waals surface area contributed by atoms with Gasteiger partial charge in [-0.25, -0.2) is 4.79 Å². The third-order valence-electron chi connectivity index (χ3n) is 3.28. The summed E-state index contributed by atoms with van der Waals surface area (Å²) in [6, 6.07) is 7.44. The number of nitrogens with one attached hydrogen (secondary N) is 1. The minimum absolute atomic E-state index is 0.0743. The molecule has 1 saturated heterocycles. The normalized spacial score (nSPS) is 25.2. The molecule has 1 amide bonds. The minimum atomic E-state index is -0.338. The van der Waals surface area contributed by atoms with Gasteiger partial charge in [0.15, 0.2) is 0 Å². The van der Waals surface area contributed by atoms with Crippen LogP contribution in [0.25, 0.3) is 0 Å². The molecule has 1 fully saturated rings. The van der Waals surface area contributed by atoms with Crippen molar-refractivity contribution in [3.63, 3.8) is 0 Å². The summed E-state index contributed by atoms with van der Waals surface area (Å²) in [6.07, 6.45) is 0.535. The van der Waals surface area contributed by atoms with Gasteiger partial charge in [-0.3, -0.25) is 0 Å². The summed E-state index contributed by atoms with van der Waals surface area (Å²) in [5.74, 6) is 0.328. The lowest BCUT2D eigenvalue weighted by molar-refractivity contribution is 0.0949. The highest BCUT2D eigenvalue weighted by atomic mass is 35.5. The average molecular weight is 254 g/mol. The van der Waals surface area contributed by atoms with Gasteiger partial charge in [0.05, 0.1) is 6.04 Å². The van der Waals surface area contributed by atoms with Gasteiger partial charge in [-0.05, 0) is 30.0 Å². The number of ether oxygens (including phenoxy) is 1. The van der Waals surface area contributed by atoms with Gasteiger partial charge in [0.1, 0.15) is 6.10 Å². The van der Waals surface area contributed by atoms with Gasteiger partial charge in [-0.1, -0.05) is 37.6 Å². The van der Waals surface area contributed by atoms with Gasteiger partial charge in [0.25, 0.3) is 0 Å². The minimum Gasteiger partial charge on any atom is -0.443 e. The van der Waals surface area contributed by atoms with E-state index in [4.69, 9.17) is 16.3 Å². The Hall–Kier alpha value is -1.22. The van der Waals surface area contributed by atoms with Crippen LogP contribution in [-0.2, 0) is 4.74 Å². The zero-order valence-electron chi connectivity index (χ0n) is 9.94. The highest BCUT2D eigenvalue weighted by molar-refractivity contribution is 6.30. The molecular formula is C13H16ClNO2. The number of rotatable bonds is 3. The Balaban J connectivity index is 2.23. The van der Waals surface area contributed by atoms with Crippen molar-refractivity contribution in [3.05, 3.63) is 34.9 Å². The van der Waals surface area contributed by atoms with E-state index in [0.29, 0.717) is 10.9 Å². The van der Waals surface area contributed by atoms with Crippen LogP contribution in [0.4, 0.5) is 4.79 Å². The summed E-state index contributed by atoms with van der Waals surface area (Å²) >= 11 is 5.85. The Morgan fingerprint density at radius 3 is 2.65 bits per heavy atom. The fourth-order valence-corrected chi connectivity index (χ4v) is 2.18. The summed E-state index contributed by atoms with van der Waals surface area (Å²) < 4.78 is 5.33. The molecule has 92 valence electrons. The van der Waals surface area contributed by atoms with Crippen molar-refractivity contribution in [2.45, 2.75) is 32.4 Å². The zero-order chi connectivity index (χ0) is 12.4. The number of carbonyl (C=O) groups excluding carboxylic acids is 1. The van der Waals surface area contributed by atoms with E-state index in [1.165, 1.54) is 0 Å². The van der Waals surface area contributed by atoms with Gasteiger partial charge >= 0.3 is 6.09 Å². The molecule has 1 aliphatic heterocycles. The monoisotopic (exact) mass is 253 g/mol. The molecule has 4 heteroatoms. The summed E-state index contributed by atoms with van der Waals surface area (Å²) in [4.78, 5) is 11.4. The Bertz CT molecular complexity index is 404. The van der Waals surface area contributed by atoms with Crippen molar-refractivity contribution in [3.8, 4) is 0 Å². The number of amides is 1. The molecule has 0 spiro atoms. The van der Waals surface area contributed by atoms with Crippen LogP contribution in [0.3, 0.4) is 0 Å². The summed E-state index contributed by atoms with van der Waals surface area (Å²) in [7, 11) is 0. The van der Waals surface area contributed by atoms with Crippen molar-refractivity contribution in [2.75, 3.05) is 0 Å². The summed E-state index contributed by atoms with van der Waals surface area (Å²) in [6.45, 7) is 4.18. The number of hydrogen-bond donors (Lipinski definition) is 1. The van der Waals surface area contributed by atoms with Crippen molar-refractivity contribution >= 4 is 17.7 Å². The molecule has 0 aromatic heterocycles. The number of alkyl carbamates (subject to hydrolysis) is 1. The van der Waals surface area contributed by atoms with Gasteiger partial charge in [-0.15, -0.1) is 0 Å². The van der Waals surface area contributed by atoms with Crippen molar-refractivity contribution in [1.82, 2.24) is 5.32 Å². The second-order valence-electron chi connectivity index (χ2n) is 4.43. The van der Waals surface area contributed by atoms with E-state index in [2.05, 4.69) is 19.2 Å². The highest BCUT2D eigenvalue weighted by Gasteiger charge is 2.37. The third kappa shape index (κ3) is 2.55. The van der Waals surface area contributed by atoms with E-state index in [0.717, 1.165) is 12.0 Å². The third-order valence-corrected chi connectivity index (χ3v) is 3.53. The van der Waals surface area contributed by atoms with E-state index in [-0.39, 0.29) is 18.2 Å². The fourth-order valence-electron chi connectivity index (χ4n) is 2.05. The molecule has 0 bridgehead atoms. The molecule has 0 radical (unpaired) electrons. The van der Waals surface area contributed by atoms with Crippen LogP contribution >= 0.6 is 11.6 Å². The Kier molecular flexibility index (Phi) is 3.57. The first-order chi connectivity index (χ1) is 8.11. The predicted molar refractivity (Wildman–Crippen MR) is 67.1 cm³/mol. The summed E-state index contributed by atoms with van der Waals surface area (Å²) in [5.41, 5.74) is 1.03. The van der Waals surface area contributed by atoms with Crippen molar-refractivity contribution < 1.29 is 9.53 Å². The van der Waals surface area contributed by atoms with Gasteiger partial charge in [-0.2, -0.15) is 0 Å². The lowest BCUT2D eigenvalue weighted by atomic mass is 9.92. The van der Waals surface area contributed by atoms with Gasteiger partial charge in [0, 0.05) is 5.02 Å². The van der Waals surface area contributed by atoms with E-state index >= 15 is 0 Å². The highest BCUT2D eigenvalue weighted by Crippen LogP contribution is 2.31. The van der Waals surface area contributed by atoms with Crippen LogP contribution in [0.1, 0.15) is 31.9 Å². The van der Waals surface area contributed by atoms with E-state index in [9.17, 15) is 4.79 Å². The number of hydrogen-bond acceptors (Lipinski definition) is 2. The van der Waals surface area contributed by atoms with Crippen LogP contribution in [0.5, 0.6) is 0 Å². The van der Waals surface area contributed by atoms with Crippen LogP contribution in [0.15, 0.2) is 24.3 Å². The van der Waals surface area contributed by atoms with Crippen LogP contribution < -0.4 is 5.32 Å². The zero-order valence-corrected chi connectivity index (χ0v) is 10.7. The molecule has 17 heavy (non-hydrogen) atoms. The maximum Gasteiger partial charge on any atom is 0.408 e. The van der Waals surface area contributed by atoms with Crippen molar-refractivity contribution in [1.29, 1.82) is 0 Å². The maximum absolute atomic E-state index is 11.4. The lowest BCUT2D eigenvalue weighted by Crippen LogP contribution is -2.27. The quantitative estimate of drug-likeness (QED) is 0.895.